The molecule has 2 rings (SSSR count). The summed E-state index contributed by atoms with van der Waals surface area (Å²) in [6, 6.07) is 19.8. The fraction of sp³-hybridized carbons (Fsp3) is 0.0833. The van der Waals surface area contributed by atoms with Crippen LogP contribution in [0.25, 0.3) is 0 Å². The zero-order valence-corrected chi connectivity index (χ0v) is 8.81. The Labute approximate surface area is 95.2 Å². The van der Waals surface area contributed by atoms with E-state index in [-0.39, 0.29) is 17.1 Å². The Morgan fingerprint density at radius 2 is 1.64 bits per heavy atom. The van der Waals surface area contributed by atoms with Gasteiger partial charge in [0.1, 0.15) is 0 Å². The largest absolute Gasteiger partial charge is 2.00 e. The van der Waals surface area contributed by atoms with E-state index in [1.807, 2.05) is 54.6 Å². The Morgan fingerprint density at radius 1 is 1.07 bits per heavy atom. The number of rotatable bonds is 1. The van der Waals surface area contributed by atoms with Gasteiger partial charge in [-0.1, -0.05) is 0 Å². The van der Waals surface area contributed by atoms with Crippen LogP contribution < -0.4 is 0 Å². The number of nitriles is 1. The van der Waals surface area contributed by atoms with Crippen molar-refractivity contribution in [3.63, 3.8) is 0 Å². The summed E-state index contributed by atoms with van der Waals surface area (Å²) >= 11 is 0. The summed E-state index contributed by atoms with van der Waals surface area (Å²) in [4.78, 5) is 0. The van der Waals surface area contributed by atoms with E-state index in [9.17, 15) is 0 Å². The molecule has 0 spiro atoms. The summed E-state index contributed by atoms with van der Waals surface area (Å²) in [7, 11) is 0. The van der Waals surface area contributed by atoms with E-state index in [4.69, 9.17) is 5.26 Å². The van der Waals surface area contributed by atoms with Crippen LogP contribution >= 0.6 is 0 Å². The minimum absolute atomic E-state index is 0. The van der Waals surface area contributed by atoms with E-state index in [1.54, 1.807) is 0 Å². The van der Waals surface area contributed by atoms with Crippen LogP contribution in [-0.4, -0.2) is 0 Å². The first kappa shape index (κ1) is 12.7. The SMILES string of the molecule is N#CC[c-]1cccc1.[Fe+2].c1cc[cH-]c1. The van der Waals surface area contributed by atoms with Crippen LogP contribution in [0.15, 0.2) is 54.6 Å². The van der Waals surface area contributed by atoms with Crippen molar-refractivity contribution in [2.45, 2.75) is 6.42 Å². The first-order valence-electron chi connectivity index (χ1n) is 4.17. The van der Waals surface area contributed by atoms with Crippen LogP contribution in [0, 0.1) is 11.3 Å². The topological polar surface area (TPSA) is 23.8 Å². The molecule has 0 saturated heterocycles. The maximum atomic E-state index is 8.19. The van der Waals surface area contributed by atoms with Crippen molar-refractivity contribution in [3.05, 3.63) is 60.2 Å². The van der Waals surface area contributed by atoms with Crippen LogP contribution in [0.4, 0.5) is 0 Å². The molecule has 0 aromatic heterocycles. The number of hydrogen-bond donors (Lipinski definition) is 0. The Kier molecular flexibility index (Phi) is 7.55. The molecule has 0 saturated carbocycles. The van der Waals surface area contributed by atoms with Gasteiger partial charge >= 0.3 is 17.1 Å². The van der Waals surface area contributed by atoms with Crippen molar-refractivity contribution in [2.75, 3.05) is 0 Å². The van der Waals surface area contributed by atoms with Crippen molar-refractivity contribution >= 4 is 0 Å². The molecule has 2 heteroatoms. The first-order chi connectivity index (χ1) is 6.43. The molecule has 1 nitrogen and oxygen atoms in total. The van der Waals surface area contributed by atoms with E-state index >= 15 is 0 Å². The van der Waals surface area contributed by atoms with Gasteiger partial charge in [0.15, 0.2) is 0 Å². The minimum Gasteiger partial charge on any atom is -0.214 e. The normalized spacial score (nSPS) is 7.64. The zero-order valence-electron chi connectivity index (χ0n) is 7.70. The van der Waals surface area contributed by atoms with Crippen molar-refractivity contribution in [1.82, 2.24) is 0 Å². The number of hydrogen-bond acceptors (Lipinski definition) is 1. The molecule has 0 amide bonds. The summed E-state index contributed by atoms with van der Waals surface area (Å²) in [5.74, 6) is 0. The number of nitrogens with zero attached hydrogens (tertiary/aromatic N) is 1. The monoisotopic (exact) mass is 225 g/mol. The molecule has 2 aromatic carbocycles. The van der Waals surface area contributed by atoms with Gasteiger partial charge in [-0.25, -0.2) is 24.3 Å². The molecule has 72 valence electrons. The van der Waals surface area contributed by atoms with Crippen LogP contribution in [0.3, 0.4) is 0 Å². The predicted molar refractivity (Wildman–Crippen MR) is 53.4 cm³/mol. The molecule has 0 heterocycles. The Hall–Kier alpha value is -1.29. The molecule has 0 aliphatic carbocycles. The van der Waals surface area contributed by atoms with Crippen LogP contribution in [0.2, 0.25) is 0 Å². The fourth-order valence-corrected chi connectivity index (χ4v) is 0.944. The molecule has 0 bridgehead atoms. The third-order valence-corrected chi connectivity index (χ3v) is 1.57. The van der Waals surface area contributed by atoms with E-state index < -0.39 is 0 Å². The van der Waals surface area contributed by atoms with Gasteiger partial charge in [0, 0.05) is 6.42 Å². The summed E-state index contributed by atoms with van der Waals surface area (Å²) in [5, 5.41) is 8.19. The van der Waals surface area contributed by atoms with Gasteiger partial charge in [0.25, 0.3) is 0 Å². The maximum Gasteiger partial charge on any atom is 2.00 e. The second-order valence-corrected chi connectivity index (χ2v) is 2.59. The van der Waals surface area contributed by atoms with Gasteiger partial charge in [0.2, 0.25) is 0 Å². The molecule has 0 radical (unpaired) electrons. The van der Waals surface area contributed by atoms with Gasteiger partial charge in [0.05, 0.1) is 6.07 Å². The van der Waals surface area contributed by atoms with Gasteiger partial charge in [-0.2, -0.15) is 35.6 Å². The van der Waals surface area contributed by atoms with Gasteiger partial charge in [-0.15, -0.1) is 5.56 Å². The van der Waals surface area contributed by atoms with E-state index in [0.717, 1.165) is 5.56 Å². The van der Waals surface area contributed by atoms with E-state index in [2.05, 4.69) is 6.07 Å². The Balaban J connectivity index is 0.000000246. The van der Waals surface area contributed by atoms with E-state index in [0.29, 0.717) is 6.42 Å². The summed E-state index contributed by atoms with van der Waals surface area (Å²) in [6.45, 7) is 0. The molecule has 0 aliphatic rings. The van der Waals surface area contributed by atoms with Gasteiger partial charge < -0.3 is 0 Å². The quantitative estimate of drug-likeness (QED) is 0.540. The molecule has 14 heavy (non-hydrogen) atoms. The van der Waals surface area contributed by atoms with Crippen LogP contribution in [-0.2, 0) is 23.5 Å². The third-order valence-electron chi connectivity index (χ3n) is 1.57. The van der Waals surface area contributed by atoms with Gasteiger partial charge in [-0.05, 0) is 0 Å². The molecule has 0 aliphatic heterocycles. The average molecular weight is 225 g/mol. The van der Waals surface area contributed by atoms with Crippen molar-refractivity contribution in [2.24, 2.45) is 0 Å². The van der Waals surface area contributed by atoms with Gasteiger partial charge in [-0.3, -0.25) is 0 Å². The average Bonchev–Trinajstić information content (AvgIpc) is 2.79. The second kappa shape index (κ2) is 8.31. The maximum absolute atomic E-state index is 8.19. The predicted octanol–water partition coefficient (Wildman–Crippen LogP) is 2.87. The molecule has 2 aromatic rings. The summed E-state index contributed by atoms with van der Waals surface area (Å²) in [6.07, 6.45) is 0.535. The second-order valence-electron chi connectivity index (χ2n) is 2.59. The Morgan fingerprint density at radius 3 is 2.00 bits per heavy atom. The summed E-state index contributed by atoms with van der Waals surface area (Å²) < 4.78 is 0. The zero-order chi connectivity index (χ0) is 9.36. The standard InChI is InChI=1S/C7H6N.C5H5.Fe/c8-6-5-7-3-1-2-4-7;1-2-4-5-3-1;/h1-4H,5H2;1-5H;/q2*-1;+2. The summed E-state index contributed by atoms with van der Waals surface area (Å²) in [5.41, 5.74) is 1.10. The molecule has 0 N–H and O–H groups in total. The molecular weight excluding hydrogens is 214 g/mol. The minimum atomic E-state index is 0. The van der Waals surface area contributed by atoms with Crippen molar-refractivity contribution in [3.8, 4) is 6.07 Å². The van der Waals surface area contributed by atoms with E-state index in [1.165, 1.54) is 0 Å². The van der Waals surface area contributed by atoms with Crippen LogP contribution in [0.1, 0.15) is 5.56 Å². The third kappa shape index (κ3) is 5.37. The van der Waals surface area contributed by atoms with Crippen LogP contribution in [0.5, 0.6) is 0 Å². The molecule has 0 atom stereocenters. The smallest absolute Gasteiger partial charge is 0.214 e. The molecular formula is C12H11FeN. The fourth-order valence-electron chi connectivity index (χ4n) is 0.944. The first-order valence-corrected chi connectivity index (χ1v) is 4.17. The van der Waals surface area contributed by atoms with Crippen molar-refractivity contribution < 1.29 is 17.1 Å². The Bertz CT molecular complexity index is 310. The van der Waals surface area contributed by atoms with Crippen molar-refractivity contribution in [1.29, 1.82) is 5.26 Å². The molecule has 0 fully saturated rings. The molecule has 0 unspecified atom stereocenters.